The third kappa shape index (κ3) is 2.06. The minimum Gasteiger partial charge on any atom is -0.624 e. The van der Waals surface area contributed by atoms with Crippen molar-refractivity contribution in [3.63, 3.8) is 0 Å². The Hall–Kier alpha value is -0.690. The van der Waals surface area contributed by atoms with Gasteiger partial charge in [-0.15, -0.1) is 0 Å². The van der Waals surface area contributed by atoms with Crippen molar-refractivity contribution < 1.29 is 23.7 Å². The van der Waals surface area contributed by atoms with Gasteiger partial charge in [-0.3, -0.25) is 0 Å². The fraction of sp³-hybridized carbons (Fsp3) is 0.900. The molecule has 0 aromatic heterocycles. The highest BCUT2D eigenvalue weighted by atomic mass is 16.8. The highest BCUT2D eigenvalue weighted by Gasteiger charge is 2.55. The average molecular weight is 231 g/mol. The first-order valence-electron chi connectivity index (χ1n) is 5.22. The van der Waals surface area contributed by atoms with Gasteiger partial charge in [0.05, 0.1) is 0 Å². The van der Waals surface area contributed by atoms with Gasteiger partial charge in [0.1, 0.15) is 19.3 Å². The first-order valence-corrected chi connectivity index (χ1v) is 5.22. The molecule has 0 amide bonds. The van der Waals surface area contributed by atoms with E-state index in [4.69, 9.17) is 18.9 Å². The van der Waals surface area contributed by atoms with Gasteiger partial charge < -0.3 is 24.2 Å². The smallest absolute Gasteiger partial charge is 0.190 e. The molecule has 0 aromatic carbocycles. The molecule has 6 nitrogen and oxygen atoms in total. The van der Waals surface area contributed by atoms with E-state index in [1.54, 1.807) is 7.11 Å². The van der Waals surface area contributed by atoms with Crippen molar-refractivity contribution in [1.29, 1.82) is 0 Å². The lowest BCUT2D eigenvalue weighted by atomic mass is 10.1. The zero-order chi connectivity index (χ0) is 11.9. The van der Waals surface area contributed by atoms with Gasteiger partial charge in [0.2, 0.25) is 0 Å². The van der Waals surface area contributed by atoms with E-state index in [2.05, 4.69) is 0 Å². The first-order chi connectivity index (χ1) is 7.43. The van der Waals surface area contributed by atoms with Gasteiger partial charge in [0.25, 0.3) is 0 Å². The maximum atomic E-state index is 11.0. The zero-order valence-corrected chi connectivity index (χ0v) is 9.88. The molecule has 2 aliphatic heterocycles. The number of hydrogen-bond acceptors (Lipinski definition) is 5. The summed E-state index contributed by atoms with van der Waals surface area (Å²) in [4.78, 5) is 0. The molecule has 2 aliphatic rings. The van der Waals surface area contributed by atoms with E-state index in [0.29, 0.717) is 4.74 Å². The van der Waals surface area contributed by atoms with Crippen LogP contribution in [0.2, 0.25) is 0 Å². The third-order valence-electron chi connectivity index (χ3n) is 2.66. The van der Waals surface area contributed by atoms with Crippen LogP contribution in [0.5, 0.6) is 0 Å². The maximum Gasteiger partial charge on any atom is 0.190 e. The predicted molar refractivity (Wildman–Crippen MR) is 55.1 cm³/mol. The van der Waals surface area contributed by atoms with Gasteiger partial charge in [-0.1, -0.05) is 0 Å². The number of ether oxygens (including phenoxy) is 4. The average Bonchev–Trinajstić information content (AvgIpc) is 2.54. The Morgan fingerprint density at radius 3 is 2.62 bits per heavy atom. The van der Waals surface area contributed by atoms with Crippen LogP contribution < -0.4 is 0 Å². The Bertz CT molecular complexity index is 300. The lowest BCUT2D eigenvalue weighted by Crippen LogP contribution is -2.37. The van der Waals surface area contributed by atoms with Crippen molar-refractivity contribution in [2.24, 2.45) is 0 Å². The molecule has 2 fully saturated rings. The molecule has 0 unspecified atom stereocenters. The summed E-state index contributed by atoms with van der Waals surface area (Å²) in [7, 11) is 2.96. The summed E-state index contributed by atoms with van der Waals surface area (Å²) < 4.78 is 22.8. The van der Waals surface area contributed by atoms with Crippen molar-refractivity contribution in [3.8, 4) is 0 Å². The van der Waals surface area contributed by atoms with Crippen LogP contribution in [0.1, 0.15) is 13.8 Å². The summed E-state index contributed by atoms with van der Waals surface area (Å²) in [5, 5.41) is 11.0. The molecular weight excluding hydrogens is 214 g/mol. The normalized spacial score (nSPS) is 42.4. The lowest BCUT2D eigenvalue weighted by molar-refractivity contribution is -0.421. The number of methoxy groups -OCH3 is 1. The Balaban J connectivity index is 2.13. The molecule has 2 heterocycles. The summed E-state index contributed by atoms with van der Waals surface area (Å²) in [5.41, 5.74) is 0. The summed E-state index contributed by atoms with van der Waals surface area (Å²) in [6.07, 6.45) is -0.101. The number of hydroxylamine groups is 1. The first kappa shape index (κ1) is 11.8. The van der Waals surface area contributed by atoms with E-state index >= 15 is 0 Å². The largest absolute Gasteiger partial charge is 0.624 e. The standard InChI is InChI=1S/C10H17NO5/c1-10(2)15-8-7(13-4)6(5-11(3)12)14-9(8)16-10/h5-9H,1-4H3/b11-5+/t6-,7+,8+,9+/m0/s1. The Morgan fingerprint density at radius 1 is 1.38 bits per heavy atom. The highest BCUT2D eigenvalue weighted by molar-refractivity contribution is 5.59. The molecule has 4 atom stereocenters. The van der Waals surface area contributed by atoms with Crippen molar-refractivity contribution >= 4 is 6.21 Å². The molecule has 0 bridgehead atoms. The molecule has 0 radical (unpaired) electrons. The molecule has 2 saturated heterocycles. The molecule has 2 rings (SSSR count). The number of hydrogen-bond donors (Lipinski definition) is 0. The second-order valence-corrected chi connectivity index (χ2v) is 4.46. The van der Waals surface area contributed by atoms with Crippen LogP contribution in [0.15, 0.2) is 0 Å². The quantitative estimate of drug-likeness (QED) is 0.292. The predicted octanol–water partition coefficient (Wildman–Crippen LogP) is 0.0887. The lowest BCUT2D eigenvalue weighted by Gasteiger charge is -2.22. The van der Waals surface area contributed by atoms with Crippen LogP contribution in [-0.2, 0) is 18.9 Å². The van der Waals surface area contributed by atoms with Gasteiger partial charge in [-0.25, -0.2) is 4.74 Å². The minimum atomic E-state index is -0.666. The van der Waals surface area contributed by atoms with Crippen LogP contribution in [0.25, 0.3) is 0 Å². The number of fused-ring (bicyclic) bond motifs is 1. The minimum absolute atomic E-state index is 0.291. The van der Waals surface area contributed by atoms with Crippen molar-refractivity contribution in [2.45, 2.75) is 44.2 Å². The number of nitrogens with zero attached hydrogens (tertiary/aromatic N) is 1. The summed E-state index contributed by atoms with van der Waals surface area (Å²) >= 11 is 0. The third-order valence-corrected chi connectivity index (χ3v) is 2.66. The van der Waals surface area contributed by atoms with Crippen LogP contribution in [-0.4, -0.2) is 55.5 Å². The molecule has 0 saturated carbocycles. The van der Waals surface area contributed by atoms with Crippen molar-refractivity contribution in [1.82, 2.24) is 0 Å². The topological polar surface area (TPSA) is 63.0 Å². The molecule has 16 heavy (non-hydrogen) atoms. The van der Waals surface area contributed by atoms with Gasteiger partial charge in [-0.2, -0.15) is 0 Å². The Kier molecular flexibility index (Phi) is 2.91. The second-order valence-electron chi connectivity index (χ2n) is 4.46. The van der Waals surface area contributed by atoms with Crippen LogP contribution in [0.3, 0.4) is 0 Å². The monoisotopic (exact) mass is 231 g/mol. The Labute approximate surface area is 94.3 Å². The van der Waals surface area contributed by atoms with Gasteiger partial charge in [0, 0.05) is 7.11 Å². The second kappa shape index (κ2) is 3.96. The molecular formula is C10H17NO5. The molecule has 92 valence electrons. The molecule has 6 heteroatoms. The summed E-state index contributed by atoms with van der Waals surface area (Å²) in [6.45, 7) is 3.64. The Morgan fingerprint density at radius 2 is 2.06 bits per heavy atom. The van der Waals surface area contributed by atoms with E-state index in [1.807, 2.05) is 13.8 Å². The maximum absolute atomic E-state index is 11.0. The van der Waals surface area contributed by atoms with Gasteiger partial charge in [0.15, 0.2) is 24.4 Å². The molecule has 0 N–H and O–H groups in total. The van der Waals surface area contributed by atoms with Gasteiger partial charge >= 0.3 is 0 Å². The van der Waals surface area contributed by atoms with Crippen LogP contribution in [0.4, 0.5) is 0 Å². The van der Waals surface area contributed by atoms with Crippen molar-refractivity contribution in [2.75, 3.05) is 14.2 Å². The van der Waals surface area contributed by atoms with Crippen molar-refractivity contribution in [3.05, 3.63) is 5.21 Å². The van der Waals surface area contributed by atoms with E-state index in [0.717, 1.165) is 0 Å². The van der Waals surface area contributed by atoms with Gasteiger partial charge in [-0.05, 0) is 13.8 Å². The highest BCUT2D eigenvalue weighted by Crippen LogP contribution is 2.37. The van der Waals surface area contributed by atoms with E-state index in [1.165, 1.54) is 13.3 Å². The molecule has 0 aliphatic carbocycles. The van der Waals surface area contributed by atoms with E-state index in [9.17, 15) is 5.21 Å². The van der Waals surface area contributed by atoms with E-state index < -0.39 is 18.2 Å². The summed E-state index contributed by atoms with van der Waals surface area (Å²) in [6, 6.07) is 0. The molecule has 0 aromatic rings. The SMILES string of the molecule is CO[C@H]1[C@H]2OC(C)(C)O[C@H]2O[C@H]1/C=[N+](\C)[O-]. The van der Waals surface area contributed by atoms with E-state index in [-0.39, 0.29) is 12.2 Å². The fourth-order valence-corrected chi connectivity index (χ4v) is 2.10. The summed E-state index contributed by atoms with van der Waals surface area (Å²) in [5.74, 6) is -0.666. The van der Waals surface area contributed by atoms with Crippen LogP contribution in [0, 0.1) is 5.21 Å². The zero-order valence-electron chi connectivity index (χ0n) is 9.88. The molecule has 0 spiro atoms. The number of rotatable bonds is 2. The van der Waals surface area contributed by atoms with Crippen LogP contribution >= 0.6 is 0 Å². The fourth-order valence-electron chi connectivity index (χ4n) is 2.10.